The van der Waals surface area contributed by atoms with Crippen LogP contribution >= 0.6 is 17.9 Å². The molecule has 0 spiro atoms. The minimum Gasteiger partial charge on any atom is -0.341 e. The van der Waals surface area contributed by atoms with Gasteiger partial charge in [0, 0.05) is 19.5 Å². The number of hydrogen-bond donors (Lipinski definition) is 3. The quantitative estimate of drug-likeness (QED) is 0.233. The van der Waals surface area contributed by atoms with E-state index in [1.165, 1.54) is 38.5 Å². The number of unbranched alkanes of at least 4 members (excludes halogenated alkanes) is 6. The fourth-order valence-corrected chi connectivity index (χ4v) is 7.22. The van der Waals surface area contributed by atoms with Crippen LogP contribution in [0.15, 0.2) is 0 Å². The zero-order valence-corrected chi connectivity index (χ0v) is 17.5. The molecule has 0 saturated heterocycles. The van der Waals surface area contributed by atoms with Gasteiger partial charge in [-0.2, -0.15) is 0 Å². The third kappa shape index (κ3) is 12.7. The van der Waals surface area contributed by atoms with Crippen LogP contribution in [-0.4, -0.2) is 21.3 Å². The van der Waals surface area contributed by atoms with Crippen LogP contribution in [0.3, 0.4) is 0 Å². The van der Waals surface area contributed by atoms with Crippen molar-refractivity contribution in [3.05, 3.63) is 0 Å². The molecule has 0 aromatic carbocycles. The van der Waals surface area contributed by atoms with Crippen molar-refractivity contribution in [3.63, 3.8) is 0 Å². The van der Waals surface area contributed by atoms with Crippen LogP contribution in [-0.2, 0) is 29.6 Å². The molecule has 0 fully saturated rings. The molecule has 108 valence electrons. The summed E-state index contributed by atoms with van der Waals surface area (Å²) >= 11 is 4.03. The van der Waals surface area contributed by atoms with E-state index in [9.17, 15) is 9.79 Å². The number of rotatable bonds is 10. The fourth-order valence-electron chi connectivity index (χ4n) is 1.74. The van der Waals surface area contributed by atoms with Crippen LogP contribution in [0.4, 0.5) is 0 Å². The molecule has 0 saturated carbocycles. The summed E-state index contributed by atoms with van der Waals surface area (Å²) in [6, 6.07) is 0. The van der Waals surface area contributed by atoms with Gasteiger partial charge in [-0.3, -0.25) is 0 Å². The monoisotopic (exact) mass is 364 g/mol. The topological polar surface area (TPSA) is 40.5 Å². The maximum absolute atomic E-state index is 9.73. The summed E-state index contributed by atoms with van der Waals surface area (Å²) in [4.78, 5) is 19.5. The second-order valence-corrected chi connectivity index (χ2v) is 12.8. The van der Waals surface area contributed by atoms with Gasteiger partial charge in [0.2, 0.25) is 0 Å². The maximum Gasteiger partial charge on any atom is 0.198 e. The zero-order valence-electron chi connectivity index (χ0n) is 12.0. The molecule has 0 aromatic heterocycles. The Morgan fingerprint density at radius 3 is 1.50 bits per heavy atom. The van der Waals surface area contributed by atoms with E-state index >= 15 is 0 Å². The first-order chi connectivity index (χ1) is 8.02. The molecule has 0 atom stereocenters. The van der Waals surface area contributed by atoms with Gasteiger partial charge in [-0.15, -0.1) is 10.1 Å². The third-order valence-electron chi connectivity index (χ3n) is 2.81. The molecule has 2 N–H and O–H groups in total. The van der Waals surface area contributed by atoms with E-state index in [0.29, 0.717) is 0 Å². The van der Waals surface area contributed by atoms with Crippen molar-refractivity contribution >= 4 is 28.0 Å². The van der Waals surface area contributed by atoms with Crippen LogP contribution in [0.25, 0.3) is 0 Å². The molecule has 0 heterocycles. The summed E-state index contributed by atoms with van der Waals surface area (Å²) in [5, 5.41) is 0. The average molecular weight is 366 g/mol. The van der Waals surface area contributed by atoms with E-state index < -0.39 is 5.69 Å². The Morgan fingerprint density at radius 2 is 1.22 bits per heavy atom. The summed E-state index contributed by atoms with van der Waals surface area (Å²) in [6.45, 7) is 4.39. The second-order valence-electron chi connectivity index (χ2n) is 4.51. The van der Waals surface area contributed by atoms with E-state index in [2.05, 4.69) is 26.1 Å². The molecule has 0 aliphatic carbocycles. The minimum absolute atomic E-state index is 0. The van der Waals surface area contributed by atoms with Gasteiger partial charge >= 0.3 is 0 Å². The van der Waals surface area contributed by atoms with E-state index in [1.54, 1.807) is 0 Å². The smallest absolute Gasteiger partial charge is 0.198 e. The van der Waals surface area contributed by atoms with E-state index in [1.807, 2.05) is 0 Å². The minimum atomic E-state index is -2.90. The molecule has 0 amide bonds. The number of thiol groups is 1. The van der Waals surface area contributed by atoms with Crippen molar-refractivity contribution < 1.29 is 29.3 Å². The fraction of sp³-hybridized carbons (Fsp3) is 1.00. The molecular weight excluding hydrogens is 337 g/mol. The summed E-state index contributed by atoms with van der Waals surface area (Å²) in [7, 11) is -0.262. The average Bonchev–Trinajstić information content (AvgIpc) is 2.25. The molecular formula is C12H29O2PS2Zn. The Labute approximate surface area is 133 Å². The Balaban J connectivity index is 0. The summed E-state index contributed by atoms with van der Waals surface area (Å²) in [5.41, 5.74) is -2.90. The number of hydrogen-bond acceptors (Lipinski definition) is 0. The van der Waals surface area contributed by atoms with Gasteiger partial charge in [-0.1, -0.05) is 64.6 Å². The van der Waals surface area contributed by atoms with Crippen molar-refractivity contribution in [1.29, 1.82) is 0 Å². The first kappa shape index (κ1) is 22.0. The molecule has 0 aromatic rings. The van der Waals surface area contributed by atoms with Crippen LogP contribution in [0.5, 0.6) is 0 Å². The van der Waals surface area contributed by atoms with Gasteiger partial charge in [-0.25, -0.2) is 0 Å². The maximum atomic E-state index is 9.73. The van der Waals surface area contributed by atoms with Gasteiger partial charge in [0.1, 0.15) is 0 Å². The Bertz CT molecular complexity index is 222. The van der Waals surface area contributed by atoms with Crippen LogP contribution in [0.1, 0.15) is 65.2 Å². The predicted molar refractivity (Wildman–Crippen MR) is 85.7 cm³/mol. The first-order valence-corrected chi connectivity index (χ1v) is 11.8. The molecule has 0 unspecified atom stereocenters. The largest absolute Gasteiger partial charge is 0.341 e. The van der Waals surface area contributed by atoms with Crippen molar-refractivity contribution in [3.8, 4) is 0 Å². The van der Waals surface area contributed by atoms with Crippen molar-refractivity contribution in [2.24, 2.45) is 0 Å². The first-order valence-electron chi connectivity index (χ1n) is 6.77. The standard InChI is InChI=1S/C12H29O2PS2.Zn/c1-3-5-7-9-11-17(15(13,14)16)12-10-8-6-4-2;/h13-14,16H,3-12H2,1-2H3;. The predicted octanol–water partition coefficient (Wildman–Crippen LogP) is 4.35. The summed E-state index contributed by atoms with van der Waals surface area (Å²) < 4.78 is 0. The Kier molecular flexibility index (Phi) is 16.7. The van der Waals surface area contributed by atoms with Crippen LogP contribution < -0.4 is 0 Å². The molecule has 0 rings (SSSR count). The van der Waals surface area contributed by atoms with Crippen LogP contribution in [0, 0.1) is 0 Å². The van der Waals surface area contributed by atoms with Gasteiger partial charge in [0.25, 0.3) is 0 Å². The van der Waals surface area contributed by atoms with E-state index in [-0.39, 0.29) is 29.6 Å². The Hall–Kier alpha value is 1.67. The van der Waals surface area contributed by atoms with Crippen molar-refractivity contribution in [1.82, 2.24) is 0 Å². The van der Waals surface area contributed by atoms with Gasteiger partial charge < -0.3 is 9.79 Å². The summed E-state index contributed by atoms with van der Waals surface area (Å²) in [5.74, 6) is 1.91. The zero-order chi connectivity index (χ0) is 13.1. The molecule has 6 heteroatoms. The molecule has 2 nitrogen and oxygen atoms in total. The molecule has 18 heavy (non-hydrogen) atoms. The SMILES string of the molecule is CCCCCCS(CCCCCC)=P(O)(O)S.[Zn]. The van der Waals surface area contributed by atoms with Crippen molar-refractivity contribution in [2.45, 2.75) is 65.2 Å². The van der Waals surface area contributed by atoms with Gasteiger partial charge in [0.15, 0.2) is 5.69 Å². The molecule has 0 radical (unpaired) electrons. The molecule has 0 bridgehead atoms. The third-order valence-corrected chi connectivity index (χ3v) is 10.3. The van der Waals surface area contributed by atoms with Gasteiger partial charge in [0.05, 0.1) is 0 Å². The normalized spacial score (nSPS) is 11.7. The molecule has 0 aliphatic rings. The van der Waals surface area contributed by atoms with Crippen LogP contribution in [0.2, 0.25) is 0 Å². The van der Waals surface area contributed by atoms with Gasteiger partial charge in [-0.05, 0) is 24.3 Å². The Morgan fingerprint density at radius 1 is 0.833 bits per heavy atom. The molecule has 0 aliphatic heterocycles. The second kappa shape index (κ2) is 13.6. The van der Waals surface area contributed by atoms with E-state index in [0.717, 1.165) is 24.3 Å². The van der Waals surface area contributed by atoms with Crippen molar-refractivity contribution in [2.75, 3.05) is 11.5 Å². The van der Waals surface area contributed by atoms with E-state index in [4.69, 9.17) is 0 Å². The summed E-state index contributed by atoms with van der Waals surface area (Å²) in [6.07, 6.45) is 9.62.